The summed E-state index contributed by atoms with van der Waals surface area (Å²) < 4.78 is 13.7. The lowest BCUT2D eigenvalue weighted by Crippen LogP contribution is -2.31. The van der Waals surface area contributed by atoms with Crippen LogP contribution < -0.4 is 5.32 Å². The lowest BCUT2D eigenvalue weighted by Gasteiger charge is -2.18. The van der Waals surface area contributed by atoms with Crippen molar-refractivity contribution in [2.75, 3.05) is 12.4 Å². The van der Waals surface area contributed by atoms with E-state index in [1.165, 1.54) is 23.1 Å². The van der Waals surface area contributed by atoms with Crippen LogP contribution in [-0.2, 0) is 6.54 Å². The first kappa shape index (κ1) is 14.5. The molecule has 0 saturated carbocycles. The summed E-state index contributed by atoms with van der Waals surface area (Å²) in [5.74, 6) is -0.437. The van der Waals surface area contributed by atoms with Crippen LogP contribution in [0.1, 0.15) is 11.1 Å². The van der Waals surface area contributed by atoms with Crippen molar-refractivity contribution < 1.29 is 9.18 Å². The van der Waals surface area contributed by atoms with E-state index in [4.69, 9.17) is 5.26 Å². The Balaban J connectivity index is 2.06. The maximum Gasteiger partial charge on any atom is 0.321 e. The van der Waals surface area contributed by atoms with Gasteiger partial charge in [-0.2, -0.15) is 5.26 Å². The zero-order valence-corrected chi connectivity index (χ0v) is 11.5. The van der Waals surface area contributed by atoms with Crippen molar-refractivity contribution in [2.24, 2.45) is 0 Å². The smallest absolute Gasteiger partial charge is 0.321 e. The number of hydrogen-bond donors (Lipinski definition) is 1. The Labute approximate surface area is 122 Å². The number of nitriles is 1. The predicted molar refractivity (Wildman–Crippen MR) is 78.0 cm³/mol. The van der Waals surface area contributed by atoms with Crippen molar-refractivity contribution in [2.45, 2.75) is 6.54 Å². The Hall–Kier alpha value is -2.87. The average Bonchev–Trinajstić information content (AvgIpc) is 2.50. The third-order valence-electron chi connectivity index (χ3n) is 2.95. The molecule has 0 aromatic heterocycles. The first-order chi connectivity index (χ1) is 10.1. The quantitative estimate of drug-likeness (QED) is 0.939. The zero-order valence-electron chi connectivity index (χ0n) is 11.5. The average molecular weight is 283 g/mol. The lowest BCUT2D eigenvalue weighted by molar-refractivity contribution is 0.220. The number of nitrogens with one attached hydrogen (secondary N) is 1. The number of benzene rings is 2. The summed E-state index contributed by atoms with van der Waals surface area (Å²) in [6.07, 6.45) is 0. The molecule has 0 radical (unpaired) electrons. The fraction of sp³-hybridized carbons (Fsp3) is 0.125. The molecule has 0 bridgehead atoms. The number of hydrogen-bond acceptors (Lipinski definition) is 2. The number of carbonyl (C=O) groups excluding carboxylic acids is 1. The van der Waals surface area contributed by atoms with E-state index in [1.807, 2.05) is 24.3 Å². The molecule has 0 aliphatic heterocycles. The van der Waals surface area contributed by atoms with Gasteiger partial charge in [-0.05, 0) is 30.3 Å². The molecule has 21 heavy (non-hydrogen) atoms. The van der Waals surface area contributed by atoms with E-state index in [0.717, 1.165) is 0 Å². The van der Waals surface area contributed by atoms with Gasteiger partial charge in [-0.15, -0.1) is 0 Å². The Morgan fingerprint density at radius 1 is 1.29 bits per heavy atom. The largest absolute Gasteiger partial charge is 0.323 e. The van der Waals surface area contributed by atoms with Crippen LogP contribution in [0.15, 0.2) is 48.5 Å². The van der Waals surface area contributed by atoms with Gasteiger partial charge < -0.3 is 10.2 Å². The molecule has 0 spiro atoms. The molecule has 0 heterocycles. The monoisotopic (exact) mass is 283 g/mol. The number of nitrogens with zero attached hydrogens (tertiary/aromatic N) is 2. The summed E-state index contributed by atoms with van der Waals surface area (Å²) in [7, 11) is 1.57. The summed E-state index contributed by atoms with van der Waals surface area (Å²) in [5, 5.41) is 11.5. The van der Waals surface area contributed by atoms with Crippen molar-refractivity contribution in [3.8, 4) is 6.07 Å². The van der Waals surface area contributed by atoms with Gasteiger partial charge in [0.25, 0.3) is 0 Å². The standard InChI is InChI=1S/C16H14FN3O/c1-20(16(21)19-14-5-3-2-4-6-14)11-13-9-12(10-18)7-8-15(13)17/h2-9H,11H2,1H3,(H,19,21). The van der Waals surface area contributed by atoms with Crippen LogP contribution in [0.25, 0.3) is 0 Å². The van der Waals surface area contributed by atoms with Crippen molar-refractivity contribution in [3.63, 3.8) is 0 Å². The molecular weight excluding hydrogens is 269 g/mol. The SMILES string of the molecule is CN(Cc1cc(C#N)ccc1F)C(=O)Nc1ccccc1. The molecule has 0 unspecified atom stereocenters. The van der Waals surface area contributed by atoms with Gasteiger partial charge in [0, 0.05) is 24.8 Å². The number of amides is 2. The minimum atomic E-state index is -0.437. The summed E-state index contributed by atoms with van der Waals surface area (Å²) >= 11 is 0. The van der Waals surface area contributed by atoms with Crippen LogP contribution in [0.3, 0.4) is 0 Å². The second kappa shape index (κ2) is 6.53. The van der Waals surface area contributed by atoms with Crippen LogP contribution in [0.2, 0.25) is 0 Å². The molecule has 0 aliphatic carbocycles. The molecule has 2 amide bonds. The van der Waals surface area contributed by atoms with Crippen LogP contribution in [0.5, 0.6) is 0 Å². The molecular formula is C16H14FN3O. The van der Waals surface area contributed by atoms with Gasteiger partial charge in [0.15, 0.2) is 0 Å². The first-order valence-corrected chi connectivity index (χ1v) is 6.36. The topological polar surface area (TPSA) is 56.1 Å². The van der Waals surface area contributed by atoms with Gasteiger partial charge in [-0.25, -0.2) is 9.18 Å². The maximum atomic E-state index is 13.7. The van der Waals surface area contributed by atoms with Crippen LogP contribution in [-0.4, -0.2) is 18.0 Å². The van der Waals surface area contributed by atoms with Gasteiger partial charge in [0.2, 0.25) is 0 Å². The van der Waals surface area contributed by atoms with Crippen molar-refractivity contribution in [3.05, 3.63) is 65.5 Å². The second-order valence-electron chi connectivity index (χ2n) is 4.57. The van der Waals surface area contributed by atoms with Gasteiger partial charge in [0.05, 0.1) is 11.6 Å². The Bertz CT molecular complexity index is 680. The van der Waals surface area contributed by atoms with E-state index < -0.39 is 5.82 Å². The van der Waals surface area contributed by atoms with E-state index in [-0.39, 0.29) is 12.6 Å². The highest BCUT2D eigenvalue weighted by Gasteiger charge is 2.12. The normalized spacial score (nSPS) is 9.76. The summed E-state index contributed by atoms with van der Waals surface area (Å²) in [6.45, 7) is 0.0834. The molecule has 106 valence electrons. The molecule has 0 saturated heterocycles. The fourth-order valence-corrected chi connectivity index (χ4v) is 1.83. The van der Waals surface area contributed by atoms with Gasteiger partial charge in [-0.3, -0.25) is 0 Å². The summed E-state index contributed by atoms with van der Waals surface area (Å²) in [5.41, 5.74) is 1.34. The molecule has 5 heteroatoms. The third kappa shape index (κ3) is 3.80. The van der Waals surface area contributed by atoms with Gasteiger partial charge in [0.1, 0.15) is 5.82 Å². The highest BCUT2D eigenvalue weighted by molar-refractivity contribution is 5.89. The van der Waals surface area contributed by atoms with Crippen LogP contribution in [0.4, 0.5) is 14.9 Å². The molecule has 2 aromatic carbocycles. The van der Waals surface area contributed by atoms with E-state index in [9.17, 15) is 9.18 Å². The molecule has 0 atom stereocenters. The van der Waals surface area contributed by atoms with Crippen LogP contribution in [0, 0.1) is 17.1 Å². The number of urea groups is 1. The Morgan fingerprint density at radius 3 is 2.67 bits per heavy atom. The number of rotatable bonds is 3. The minimum Gasteiger partial charge on any atom is -0.323 e. The van der Waals surface area contributed by atoms with Crippen molar-refractivity contribution in [1.82, 2.24) is 4.90 Å². The van der Waals surface area contributed by atoms with Crippen molar-refractivity contribution in [1.29, 1.82) is 5.26 Å². The predicted octanol–water partition coefficient (Wildman–Crippen LogP) is 3.36. The summed E-state index contributed by atoms with van der Waals surface area (Å²) in [6, 6.07) is 14.7. The molecule has 0 fully saturated rings. The van der Waals surface area contributed by atoms with Crippen molar-refractivity contribution >= 4 is 11.7 Å². The third-order valence-corrected chi connectivity index (χ3v) is 2.95. The number of halogens is 1. The van der Waals surface area contributed by atoms with Gasteiger partial charge in [-0.1, -0.05) is 18.2 Å². The fourth-order valence-electron chi connectivity index (χ4n) is 1.83. The number of carbonyl (C=O) groups is 1. The number of para-hydroxylation sites is 1. The van der Waals surface area contributed by atoms with E-state index in [0.29, 0.717) is 16.8 Å². The highest BCUT2D eigenvalue weighted by atomic mass is 19.1. The molecule has 2 rings (SSSR count). The highest BCUT2D eigenvalue weighted by Crippen LogP contribution is 2.13. The first-order valence-electron chi connectivity index (χ1n) is 6.36. The molecule has 1 N–H and O–H groups in total. The minimum absolute atomic E-state index is 0.0834. The summed E-state index contributed by atoms with van der Waals surface area (Å²) in [4.78, 5) is 13.4. The second-order valence-corrected chi connectivity index (χ2v) is 4.57. The molecule has 4 nitrogen and oxygen atoms in total. The van der Waals surface area contributed by atoms with Crippen LogP contribution >= 0.6 is 0 Å². The van der Waals surface area contributed by atoms with E-state index in [1.54, 1.807) is 19.2 Å². The lowest BCUT2D eigenvalue weighted by atomic mass is 10.1. The molecule has 0 aliphatic rings. The van der Waals surface area contributed by atoms with E-state index in [2.05, 4.69) is 5.32 Å². The Morgan fingerprint density at radius 2 is 2.00 bits per heavy atom. The maximum absolute atomic E-state index is 13.7. The number of anilines is 1. The van der Waals surface area contributed by atoms with Gasteiger partial charge >= 0.3 is 6.03 Å². The van der Waals surface area contributed by atoms with E-state index >= 15 is 0 Å². The Kier molecular flexibility index (Phi) is 4.52. The molecule has 2 aromatic rings. The zero-order chi connectivity index (χ0) is 15.2.